The first-order valence-corrected chi connectivity index (χ1v) is 4.31. The van der Waals surface area contributed by atoms with E-state index in [1.165, 1.54) is 0 Å². The molecule has 2 aromatic carbocycles. The van der Waals surface area contributed by atoms with E-state index in [2.05, 4.69) is 0 Å². The van der Waals surface area contributed by atoms with E-state index in [4.69, 9.17) is 4.74 Å². The van der Waals surface area contributed by atoms with Gasteiger partial charge in [0.25, 0.3) is 0 Å². The minimum absolute atomic E-state index is 0.0491. The number of rotatable bonds is 3. The molecule has 2 nitrogen and oxygen atoms in total. The Kier molecular flexibility index (Phi) is 1.89. The summed E-state index contributed by atoms with van der Waals surface area (Å²) in [6.07, 6.45) is 0. The average molecular weight is 174 g/mol. The fourth-order valence-electron chi connectivity index (χ4n) is 1.30. The van der Waals surface area contributed by atoms with Gasteiger partial charge < -0.3 is 4.74 Å². The SMILES string of the molecule is CCOc1c(-c2ccccc2)c1=O. The van der Waals surface area contributed by atoms with Crippen LogP contribution in [0.3, 0.4) is 0 Å². The molecule has 2 heteroatoms. The Morgan fingerprint density at radius 1 is 1.23 bits per heavy atom. The highest BCUT2D eigenvalue weighted by molar-refractivity contribution is 5.80. The van der Waals surface area contributed by atoms with Crippen LogP contribution in [0, 0.1) is 0 Å². The van der Waals surface area contributed by atoms with Crippen LogP contribution in [-0.4, -0.2) is 6.61 Å². The van der Waals surface area contributed by atoms with Gasteiger partial charge in [-0.15, -0.1) is 0 Å². The molecule has 0 aliphatic heterocycles. The van der Waals surface area contributed by atoms with Crippen molar-refractivity contribution in [2.45, 2.75) is 6.92 Å². The molecule has 0 bridgehead atoms. The normalized spacial score (nSPS) is 10.5. The molecule has 2 aromatic rings. The lowest BCUT2D eigenvalue weighted by molar-refractivity contribution is 0.349. The lowest BCUT2D eigenvalue weighted by Gasteiger charge is -1.92. The van der Waals surface area contributed by atoms with Gasteiger partial charge in [0.15, 0.2) is 5.75 Å². The largest absolute Gasteiger partial charge is 0.489 e. The lowest BCUT2D eigenvalue weighted by atomic mass is 10.2. The molecule has 0 aliphatic rings. The smallest absolute Gasteiger partial charge is 0.232 e. The van der Waals surface area contributed by atoms with Crippen LogP contribution >= 0.6 is 0 Å². The molecule has 0 spiro atoms. The maximum absolute atomic E-state index is 11.2. The summed E-state index contributed by atoms with van der Waals surface area (Å²) >= 11 is 0. The summed E-state index contributed by atoms with van der Waals surface area (Å²) in [7, 11) is 0. The molecule has 0 aliphatic carbocycles. The molecule has 0 saturated heterocycles. The third-order valence-electron chi connectivity index (χ3n) is 1.95. The van der Waals surface area contributed by atoms with E-state index in [0.717, 1.165) is 11.1 Å². The molecule has 0 aromatic heterocycles. The summed E-state index contributed by atoms with van der Waals surface area (Å²) in [6.45, 7) is 2.43. The molecule has 0 N–H and O–H groups in total. The molecular weight excluding hydrogens is 164 g/mol. The van der Waals surface area contributed by atoms with Gasteiger partial charge in [0, 0.05) is 0 Å². The first-order valence-electron chi connectivity index (χ1n) is 4.31. The minimum Gasteiger partial charge on any atom is -0.489 e. The fraction of sp³-hybridized carbons (Fsp3) is 0.182. The van der Waals surface area contributed by atoms with E-state index in [1.54, 1.807) is 0 Å². The van der Waals surface area contributed by atoms with Gasteiger partial charge in [0.2, 0.25) is 5.43 Å². The molecule has 0 atom stereocenters. The molecule has 0 unspecified atom stereocenters. The zero-order chi connectivity index (χ0) is 9.26. The second-order valence-electron chi connectivity index (χ2n) is 2.83. The number of ether oxygens (including phenoxy) is 1. The van der Waals surface area contributed by atoms with Crippen molar-refractivity contribution >= 4 is 0 Å². The van der Waals surface area contributed by atoms with Crippen LogP contribution < -0.4 is 10.2 Å². The molecule has 66 valence electrons. The van der Waals surface area contributed by atoms with E-state index >= 15 is 0 Å². The third kappa shape index (κ3) is 1.35. The third-order valence-corrected chi connectivity index (χ3v) is 1.95. The standard InChI is InChI=1S/C11H10O2/c1-2-13-11-9(10(11)12)8-6-4-3-5-7-8/h3-7H,2H2,1H3. The fourth-order valence-corrected chi connectivity index (χ4v) is 1.30. The van der Waals surface area contributed by atoms with Crippen LogP contribution in [-0.2, 0) is 0 Å². The second-order valence-corrected chi connectivity index (χ2v) is 2.83. The van der Waals surface area contributed by atoms with Crippen molar-refractivity contribution in [1.82, 2.24) is 0 Å². The van der Waals surface area contributed by atoms with Crippen molar-refractivity contribution in [3.8, 4) is 16.9 Å². The van der Waals surface area contributed by atoms with Crippen LogP contribution in [0.25, 0.3) is 11.1 Å². The highest BCUT2D eigenvalue weighted by Crippen LogP contribution is 2.31. The van der Waals surface area contributed by atoms with Crippen LogP contribution in [0.4, 0.5) is 0 Å². The van der Waals surface area contributed by atoms with Crippen molar-refractivity contribution in [2.75, 3.05) is 6.61 Å². The Morgan fingerprint density at radius 3 is 2.54 bits per heavy atom. The molecular formula is C11H10O2. The van der Waals surface area contributed by atoms with Gasteiger partial charge >= 0.3 is 0 Å². The van der Waals surface area contributed by atoms with Gasteiger partial charge in [-0.05, 0) is 12.5 Å². The summed E-state index contributed by atoms with van der Waals surface area (Å²) in [5.41, 5.74) is 1.74. The summed E-state index contributed by atoms with van der Waals surface area (Å²) in [5, 5.41) is 0. The Bertz CT molecular complexity index is 408. The number of hydrogen-bond donors (Lipinski definition) is 0. The Labute approximate surface area is 76.5 Å². The zero-order valence-electron chi connectivity index (χ0n) is 7.41. The number of benzene rings is 1. The molecule has 0 radical (unpaired) electrons. The van der Waals surface area contributed by atoms with Gasteiger partial charge in [-0.1, -0.05) is 30.3 Å². The maximum Gasteiger partial charge on any atom is 0.232 e. The van der Waals surface area contributed by atoms with Gasteiger partial charge in [0.1, 0.15) is 0 Å². The Morgan fingerprint density at radius 2 is 1.92 bits per heavy atom. The highest BCUT2D eigenvalue weighted by atomic mass is 16.5. The van der Waals surface area contributed by atoms with E-state index in [1.807, 2.05) is 37.3 Å². The van der Waals surface area contributed by atoms with E-state index in [0.29, 0.717) is 12.4 Å². The van der Waals surface area contributed by atoms with Crippen molar-refractivity contribution in [3.05, 3.63) is 40.6 Å². The Balaban J connectivity index is 2.28. The molecule has 0 fully saturated rings. The molecule has 13 heavy (non-hydrogen) atoms. The lowest BCUT2D eigenvalue weighted by Crippen LogP contribution is -1.88. The van der Waals surface area contributed by atoms with Crippen molar-refractivity contribution in [3.63, 3.8) is 0 Å². The zero-order valence-corrected chi connectivity index (χ0v) is 7.41. The van der Waals surface area contributed by atoms with E-state index in [9.17, 15) is 4.79 Å². The van der Waals surface area contributed by atoms with Crippen LogP contribution in [0.15, 0.2) is 35.1 Å². The molecule has 0 saturated carbocycles. The first kappa shape index (κ1) is 8.05. The summed E-state index contributed by atoms with van der Waals surface area (Å²) < 4.78 is 5.16. The second kappa shape index (κ2) is 3.05. The minimum atomic E-state index is 0.0491. The van der Waals surface area contributed by atoms with Gasteiger partial charge in [-0.3, -0.25) is 4.79 Å². The Hall–Kier alpha value is -1.57. The van der Waals surface area contributed by atoms with E-state index < -0.39 is 0 Å². The quantitative estimate of drug-likeness (QED) is 0.711. The van der Waals surface area contributed by atoms with Crippen LogP contribution in [0.1, 0.15) is 6.92 Å². The summed E-state index contributed by atoms with van der Waals surface area (Å²) in [6, 6.07) is 9.59. The molecule has 2 rings (SSSR count). The molecule has 0 amide bonds. The van der Waals surface area contributed by atoms with Crippen LogP contribution in [0.5, 0.6) is 5.75 Å². The van der Waals surface area contributed by atoms with Crippen molar-refractivity contribution in [2.24, 2.45) is 0 Å². The number of hydrogen-bond acceptors (Lipinski definition) is 2. The predicted octanol–water partition coefficient (Wildman–Crippen LogP) is 1.99. The molecule has 0 heterocycles. The van der Waals surface area contributed by atoms with E-state index in [-0.39, 0.29) is 5.43 Å². The van der Waals surface area contributed by atoms with Crippen LogP contribution in [0.2, 0.25) is 0 Å². The van der Waals surface area contributed by atoms with Crippen molar-refractivity contribution in [1.29, 1.82) is 0 Å². The highest BCUT2D eigenvalue weighted by Gasteiger charge is 2.24. The summed E-state index contributed by atoms with van der Waals surface area (Å²) in [4.78, 5) is 11.2. The van der Waals surface area contributed by atoms with Gasteiger partial charge in [0.05, 0.1) is 12.2 Å². The van der Waals surface area contributed by atoms with Crippen molar-refractivity contribution < 1.29 is 4.74 Å². The van der Waals surface area contributed by atoms with Gasteiger partial charge in [-0.2, -0.15) is 0 Å². The average Bonchev–Trinajstić information content (AvgIpc) is 2.79. The predicted molar refractivity (Wildman–Crippen MR) is 51.7 cm³/mol. The topological polar surface area (TPSA) is 26.3 Å². The monoisotopic (exact) mass is 174 g/mol. The summed E-state index contributed by atoms with van der Waals surface area (Å²) in [5.74, 6) is 0.536. The maximum atomic E-state index is 11.2. The van der Waals surface area contributed by atoms with Gasteiger partial charge in [-0.25, -0.2) is 0 Å². The first-order chi connectivity index (χ1) is 6.34.